The van der Waals surface area contributed by atoms with E-state index in [1.807, 2.05) is 31.3 Å². The number of fused-ring (bicyclic) bond motifs is 1. The van der Waals surface area contributed by atoms with E-state index in [2.05, 4.69) is 25.9 Å². The summed E-state index contributed by atoms with van der Waals surface area (Å²) < 4.78 is 23.1. The number of nitrogens with zero attached hydrogens (tertiary/aromatic N) is 5. The molecule has 0 aliphatic carbocycles. The number of hydrogen-bond acceptors (Lipinski definition) is 7. The van der Waals surface area contributed by atoms with Crippen LogP contribution in [0, 0.1) is 0 Å². The molecule has 2 aromatic rings. The molecule has 8 heteroatoms. The summed E-state index contributed by atoms with van der Waals surface area (Å²) in [5.74, 6) is 0.935. The Balaban J connectivity index is 1.71. The summed E-state index contributed by atoms with van der Waals surface area (Å²) in [6, 6.07) is 4.09. The van der Waals surface area contributed by atoms with Gasteiger partial charge in [-0.05, 0) is 11.6 Å². The van der Waals surface area contributed by atoms with E-state index in [0.717, 1.165) is 54.9 Å². The van der Waals surface area contributed by atoms with Gasteiger partial charge in [0.2, 0.25) is 15.0 Å². The van der Waals surface area contributed by atoms with Gasteiger partial charge in [0, 0.05) is 64.4 Å². The fourth-order valence-corrected chi connectivity index (χ4v) is 3.22. The predicted octanol–water partition coefficient (Wildman–Crippen LogP) is 0.899. The summed E-state index contributed by atoms with van der Waals surface area (Å²) in [4.78, 5) is 16.9. The van der Waals surface area contributed by atoms with E-state index in [1.165, 1.54) is 0 Å². The minimum Gasteiger partial charge on any atom is -0.363 e. The number of anilines is 1. The first-order valence-corrected chi connectivity index (χ1v) is 9.61. The third kappa shape index (κ3) is 3.70. The summed E-state index contributed by atoms with van der Waals surface area (Å²) in [7, 11) is 0.576. The maximum Gasteiger partial charge on any atom is 0.246 e. The van der Waals surface area contributed by atoms with Crippen LogP contribution in [0.15, 0.2) is 29.7 Å². The molecule has 7 nitrogen and oxygen atoms in total. The second-order valence-electron chi connectivity index (χ2n) is 6.28. The van der Waals surface area contributed by atoms with Crippen LogP contribution in [0.3, 0.4) is 0 Å². The maximum absolute atomic E-state index is 11.6. The lowest BCUT2D eigenvalue weighted by atomic mass is 10.1. The van der Waals surface area contributed by atoms with E-state index < -0.39 is 9.84 Å². The molecule has 24 heavy (non-hydrogen) atoms. The van der Waals surface area contributed by atoms with Crippen LogP contribution >= 0.6 is 0 Å². The van der Waals surface area contributed by atoms with Gasteiger partial charge in [-0.2, -0.15) is 0 Å². The number of hydrogen-bond donors (Lipinski definition) is 0. The van der Waals surface area contributed by atoms with Crippen LogP contribution in [0.1, 0.15) is 16.8 Å². The molecule has 3 heterocycles. The largest absolute Gasteiger partial charge is 0.363 e. The fraction of sp³-hybridized carbons (Fsp3) is 0.438. The third-order valence-corrected chi connectivity index (χ3v) is 4.86. The molecule has 0 bridgehead atoms. The van der Waals surface area contributed by atoms with E-state index >= 15 is 0 Å². The lowest BCUT2D eigenvalue weighted by Crippen LogP contribution is -2.31. The van der Waals surface area contributed by atoms with E-state index in [4.69, 9.17) is 0 Å². The average Bonchev–Trinajstić information content (AvgIpc) is 2.54. The molecule has 0 N–H and O–H groups in total. The van der Waals surface area contributed by atoms with E-state index in [-0.39, 0.29) is 5.16 Å². The standard InChI is InChI=1S/C16H21N5O2S/c1-20(2)15-5-4-12(8-17-15)10-21-7-6-14-13(11-21)9-18-16(19-14)24(3,22)23/h4-5,8-9H,6-7,10-11H2,1-3H3. The Hall–Kier alpha value is -2.06. The molecule has 0 radical (unpaired) electrons. The molecule has 2 aromatic heterocycles. The van der Waals surface area contributed by atoms with Crippen molar-refractivity contribution in [3.05, 3.63) is 41.3 Å². The summed E-state index contributed by atoms with van der Waals surface area (Å²) in [5.41, 5.74) is 2.98. The van der Waals surface area contributed by atoms with Gasteiger partial charge >= 0.3 is 0 Å². The highest BCUT2D eigenvalue weighted by atomic mass is 32.2. The van der Waals surface area contributed by atoms with Gasteiger partial charge in [0.05, 0.1) is 5.69 Å². The Morgan fingerprint density at radius 3 is 2.62 bits per heavy atom. The van der Waals surface area contributed by atoms with Gasteiger partial charge in [0.1, 0.15) is 5.82 Å². The van der Waals surface area contributed by atoms with Crippen LogP contribution in [-0.2, 0) is 29.3 Å². The first-order chi connectivity index (χ1) is 11.3. The summed E-state index contributed by atoms with van der Waals surface area (Å²) in [6.07, 6.45) is 5.39. The molecule has 0 amide bonds. The van der Waals surface area contributed by atoms with Crippen molar-refractivity contribution in [1.29, 1.82) is 0 Å². The maximum atomic E-state index is 11.6. The first-order valence-electron chi connectivity index (χ1n) is 7.72. The van der Waals surface area contributed by atoms with Crippen molar-refractivity contribution in [2.24, 2.45) is 0 Å². The number of pyridine rings is 1. The van der Waals surface area contributed by atoms with Crippen molar-refractivity contribution in [3.63, 3.8) is 0 Å². The Kier molecular flexibility index (Phi) is 4.51. The molecule has 1 aliphatic heterocycles. The van der Waals surface area contributed by atoms with Gasteiger partial charge in [0.15, 0.2) is 0 Å². The van der Waals surface area contributed by atoms with Crippen molar-refractivity contribution in [1.82, 2.24) is 19.9 Å². The number of sulfone groups is 1. The average molecular weight is 347 g/mol. The molecule has 1 aliphatic rings. The minimum atomic E-state index is -3.36. The molecule has 128 valence electrons. The van der Waals surface area contributed by atoms with Crippen LogP contribution in [0.5, 0.6) is 0 Å². The highest BCUT2D eigenvalue weighted by Gasteiger charge is 2.21. The van der Waals surface area contributed by atoms with Crippen molar-refractivity contribution >= 4 is 15.7 Å². The van der Waals surface area contributed by atoms with Crippen molar-refractivity contribution in [2.75, 3.05) is 31.8 Å². The zero-order valence-electron chi connectivity index (χ0n) is 14.1. The van der Waals surface area contributed by atoms with Gasteiger partial charge in [-0.3, -0.25) is 4.90 Å². The molecule has 0 unspecified atom stereocenters. The molecule has 0 atom stereocenters. The minimum absolute atomic E-state index is 0.0850. The second kappa shape index (κ2) is 6.45. The topological polar surface area (TPSA) is 79.3 Å². The molecule has 0 saturated heterocycles. The van der Waals surface area contributed by atoms with E-state index in [1.54, 1.807) is 6.20 Å². The van der Waals surface area contributed by atoms with Crippen molar-refractivity contribution in [2.45, 2.75) is 24.7 Å². The van der Waals surface area contributed by atoms with Gasteiger partial charge in [-0.25, -0.2) is 23.4 Å². The monoisotopic (exact) mass is 347 g/mol. The van der Waals surface area contributed by atoms with Gasteiger partial charge in [0.25, 0.3) is 0 Å². The van der Waals surface area contributed by atoms with E-state index in [0.29, 0.717) is 0 Å². The Morgan fingerprint density at radius 1 is 1.21 bits per heavy atom. The van der Waals surface area contributed by atoms with Crippen LogP contribution in [-0.4, -0.2) is 55.2 Å². The molecule has 0 saturated carbocycles. The zero-order valence-corrected chi connectivity index (χ0v) is 14.9. The zero-order chi connectivity index (χ0) is 17.3. The summed E-state index contributed by atoms with van der Waals surface area (Å²) >= 11 is 0. The highest BCUT2D eigenvalue weighted by molar-refractivity contribution is 7.90. The molecule has 0 spiro atoms. The molecule has 0 aromatic carbocycles. The molecule has 3 rings (SSSR count). The quantitative estimate of drug-likeness (QED) is 0.760. The van der Waals surface area contributed by atoms with E-state index in [9.17, 15) is 8.42 Å². The van der Waals surface area contributed by atoms with Gasteiger partial charge in [-0.15, -0.1) is 0 Å². The number of rotatable bonds is 4. The van der Waals surface area contributed by atoms with Gasteiger partial charge < -0.3 is 4.90 Å². The summed E-state index contributed by atoms with van der Waals surface area (Å²) in [6.45, 7) is 2.35. The molecule has 0 fully saturated rings. The fourth-order valence-electron chi connectivity index (χ4n) is 2.70. The third-order valence-electron chi connectivity index (χ3n) is 4.00. The van der Waals surface area contributed by atoms with Crippen molar-refractivity contribution < 1.29 is 8.42 Å². The Bertz CT molecular complexity index is 834. The number of aromatic nitrogens is 3. The SMILES string of the molecule is CN(C)c1ccc(CN2CCc3nc(S(C)(=O)=O)ncc3C2)cn1. The lowest BCUT2D eigenvalue weighted by molar-refractivity contribution is 0.242. The Morgan fingerprint density at radius 2 is 2.00 bits per heavy atom. The predicted molar refractivity (Wildman–Crippen MR) is 91.5 cm³/mol. The first kappa shape index (κ1) is 16.8. The van der Waals surface area contributed by atoms with Crippen molar-refractivity contribution in [3.8, 4) is 0 Å². The highest BCUT2D eigenvalue weighted by Crippen LogP contribution is 2.20. The normalized spacial score (nSPS) is 15.1. The van der Waals surface area contributed by atoms with Gasteiger partial charge in [-0.1, -0.05) is 6.07 Å². The molecular formula is C16H21N5O2S. The molecular weight excluding hydrogens is 326 g/mol. The van der Waals surface area contributed by atoms with Crippen LogP contribution in [0.25, 0.3) is 0 Å². The Labute approximate surface area is 142 Å². The summed E-state index contributed by atoms with van der Waals surface area (Å²) in [5, 5.41) is -0.0850. The lowest BCUT2D eigenvalue weighted by Gasteiger charge is -2.28. The van der Waals surface area contributed by atoms with Crippen LogP contribution in [0.4, 0.5) is 5.82 Å². The van der Waals surface area contributed by atoms with Crippen LogP contribution < -0.4 is 4.90 Å². The van der Waals surface area contributed by atoms with Crippen LogP contribution in [0.2, 0.25) is 0 Å². The second-order valence-corrected chi connectivity index (χ2v) is 8.19. The smallest absolute Gasteiger partial charge is 0.246 e.